The second-order valence-electron chi connectivity index (χ2n) is 1.34. The number of hydrogen-bond donors (Lipinski definition) is 1. The molecule has 1 unspecified atom stereocenters. The maximum absolute atomic E-state index is 10.2. The Labute approximate surface area is 48.6 Å². The Kier molecular flexibility index (Phi) is 1.22. The van der Waals surface area contributed by atoms with E-state index in [1.54, 1.807) is 0 Å². The van der Waals surface area contributed by atoms with E-state index in [4.69, 9.17) is 0 Å². The van der Waals surface area contributed by atoms with Gasteiger partial charge < -0.3 is 4.55 Å². The van der Waals surface area contributed by atoms with Gasteiger partial charge in [-0.05, 0) is 0 Å². The van der Waals surface area contributed by atoms with E-state index in [1.165, 1.54) is 0 Å². The number of amides is 1. The molecule has 1 atom stereocenters. The highest BCUT2D eigenvalue weighted by Gasteiger charge is 2.32. The summed E-state index contributed by atoms with van der Waals surface area (Å²) in [6, 6.07) is 0. The van der Waals surface area contributed by atoms with Gasteiger partial charge in [0.15, 0.2) is 5.75 Å². The monoisotopic (exact) mass is 133 g/mol. The maximum Gasteiger partial charge on any atom is 0.333 e. The van der Waals surface area contributed by atoms with Crippen LogP contribution in [0.5, 0.6) is 0 Å². The fraction of sp³-hybridized carbons (Fsp3) is 0.333. The van der Waals surface area contributed by atoms with Gasteiger partial charge in [0.1, 0.15) is 0 Å². The Hall–Kier alpha value is -0.550. The van der Waals surface area contributed by atoms with Crippen LogP contribution in [0.25, 0.3) is 0 Å². The lowest BCUT2D eigenvalue weighted by atomic mass is 10.4. The average molecular weight is 133 g/mol. The Morgan fingerprint density at radius 2 is 2.25 bits per heavy atom. The summed E-state index contributed by atoms with van der Waals surface area (Å²) >= 11 is -1.43. The number of carbonyl (C=O) groups is 2. The number of Topliss-reactive ketones (excluding diaryl/α,β-unsaturated/α-hetero) is 1. The van der Waals surface area contributed by atoms with Crippen LogP contribution in [0.4, 0.5) is 0 Å². The third-order valence-electron chi connectivity index (χ3n) is 0.722. The third-order valence-corrected chi connectivity index (χ3v) is 1.66. The number of ketones is 1. The summed E-state index contributed by atoms with van der Waals surface area (Å²) in [6.45, 7) is 0. The molecule has 0 aliphatic carbocycles. The highest BCUT2D eigenvalue weighted by Crippen LogP contribution is 1.94. The van der Waals surface area contributed by atoms with E-state index in [-0.39, 0.29) is 5.75 Å². The Morgan fingerprint density at radius 3 is 2.38 bits per heavy atom. The van der Waals surface area contributed by atoms with Crippen molar-refractivity contribution in [3.05, 3.63) is 0 Å². The molecule has 0 saturated carbocycles. The topological polar surface area (TPSA) is 69.2 Å². The molecule has 1 aliphatic rings. The predicted octanol–water partition coefficient (Wildman–Crippen LogP) is -1.65. The number of carbonyl (C=O) groups excluding carboxylic acids is 2. The van der Waals surface area contributed by atoms with E-state index < -0.39 is 23.1 Å². The van der Waals surface area contributed by atoms with Gasteiger partial charge in [-0.25, -0.2) is 0 Å². The molecule has 8 heavy (non-hydrogen) atoms. The van der Waals surface area contributed by atoms with Crippen LogP contribution in [0.15, 0.2) is 0 Å². The number of nitrogens with one attached hydrogen (secondary N) is 1. The van der Waals surface area contributed by atoms with Crippen LogP contribution in [0, 0.1) is 0 Å². The average Bonchev–Trinajstić information content (AvgIpc) is 1.85. The highest BCUT2D eigenvalue weighted by atomic mass is 32.2. The van der Waals surface area contributed by atoms with Crippen LogP contribution in [-0.4, -0.2) is 22.0 Å². The second kappa shape index (κ2) is 1.75. The largest absolute Gasteiger partial charge is 0.593 e. The van der Waals surface area contributed by atoms with E-state index in [0.717, 1.165) is 0 Å². The van der Waals surface area contributed by atoms with Gasteiger partial charge in [-0.3, -0.25) is 9.59 Å². The maximum atomic E-state index is 10.2. The Balaban J connectivity index is 2.64. The van der Waals surface area contributed by atoms with Crippen molar-refractivity contribution in [2.75, 3.05) is 5.75 Å². The molecule has 1 saturated heterocycles. The summed E-state index contributed by atoms with van der Waals surface area (Å²) in [5.74, 6) is -1.49. The molecule has 5 heteroatoms. The molecule has 1 aliphatic heterocycles. The fourth-order valence-electron chi connectivity index (χ4n) is 0.381. The smallest absolute Gasteiger partial charge is 0.333 e. The van der Waals surface area contributed by atoms with Gasteiger partial charge >= 0.3 is 5.91 Å². The molecule has 0 aromatic heterocycles. The zero-order chi connectivity index (χ0) is 6.15. The molecule has 0 bridgehead atoms. The van der Waals surface area contributed by atoms with Crippen LogP contribution in [0.3, 0.4) is 0 Å². The minimum absolute atomic E-state index is 0.168. The van der Waals surface area contributed by atoms with Crippen molar-refractivity contribution in [3.63, 3.8) is 0 Å². The Morgan fingerprint density at radius 1 is 1.62 bits per heavy atom. The van der Waals surface area contributed by atoms with Crippen LogP contribution in [0.1, 0.15) is 0 Å². The van der Waals surface area contributed by atoms with Crippen molar-refractivity contribution >= 4 is 23.1 Å². The van der Waals surface area contributed by atoms with Crippen LogP contribution in [0.2, 0.25) is 0 Å². The van der Waals surface area contributed by atoms with Gasteiger partial charge in [0.05, 0.1) is 11.4 Å². The third kappa shape index (κ3) is 0.823. The fourth-order valence-corrected chi connectivity index (χ4v) is 1.14. The lowest BCUT2D eigenvalue weighted by Crippen LogP contribution is -2.21. The van der Waals surface area contributed by atoms with Crippen molar-refractivity contribution in [2.45, 2.75) is 0 Å². The predicted molar refractivity (Wildman–Crippen MR) is 26.2 cm³/mol. The van der Waals surface area contributed by atoms with Gasteiger partial charge in [0.25, 0.3) is 5.78 Å². The van der Waals surface area contributed by atoms with E-state index >= 15 is 0 Å². The SMILES string of the molecule is O=C1C[S+]([O-])NC1=O. The molecule has 44 valence electrons. The zero-order valence-corrected chi connectivity index (χ0v) is 4.66. The molecule has 1 heterocycles. The van der Waals surface area contributed by atoms with Crippen LogP contribution in [-0.2, 0) is 21.0 Å². The van der Waals surface area contributed by atoms with Crippen LogP contribution >= 0.6 is 0 Å². The second-order valence-corrected chi connectivity index (χ2v) is 2.53. The minimum Gasteiger partial charge on any atom is -0.593 e. The van der Waals surface area contributed by atoms with E-state index in [1.807, 2.05) is 4.72 Å². The van der Waals surface area contributed by atoms with Gasteiger partial charge in [0.2, 0.25) is 0 Å². The van der Waals surface area contributed by atoms with Crippen molar-refractivity contribution in [2.24, 2.45) is 0 Å². The first kappa shape index (κ1) is 5.58. The summed E-state index contributed by atoms with van der Waals surface area (Å²) in [6.07, 6.45) is 0. The molecular formula is C3H3NO3S. The van der Waals surface area contributed by atoms with Gasteiger partial charge in [0, 0.05) is 0 Å². The van der Waals surface area contributed by atoms with E-state index in [2.05, 4.69) is 0 Å². The lowest BCUT2D eigenvalue weighted by molar-refractivity contribution is -0.134. The lowest BCUT2D eigenvalue weighted by Gasteiger charge is -1.93. The van der Waals surface area contributed by atoms with Gasteiger partial charge in [-0.15, -0.1) is 0 Å². The zero-order valence-electron chi connectivity index (χ0n) is 3.84. The summed E-state index contributed by atoms with van der Waals surface area (Å²) in [5.41, 5.74) is 0. The van der Waals surface area contributed by atoms with E-state index in [0.29, 0.717) is 0 Å². The first-order valence-electron chi connectivity index (χ1n) is 1.92. The molecule has 0 radical (unpaired) electrons. The van der Waals surface area contributed by atoms with Gasteiger partial charge in [-0.1, -0.05) is 0 Å². The van der Waals surface area contributed by atoms with Crippen molar-refractivity contribution in [3.8, 4) is 0 Å². The summed E-state index contributed by atoms with van der Waals surface area (Å²) in [7, 11) is 0. The molecule has 0 aromatic carbocycles. The molecule has 1 rings (SSSR count). The summed E-state index contributed by atoms with van der Waals surface area (Å²) in [5, 5.41) is 0. The molecule has 1 N–H and O–H groups in total. The molecule has 1 amide bonds. The molecule has 4 nitrogen and oxygen atoms in total. The number of rotatable bonds is 0. The molecule has 0 spiro atoms. The van der Waals surface area contributed by atoms with Gasteiger partial charge in [-0.2, -0.15) is 4.72 Å². The first-order chi connectivity index (χ1) is 3.70. The number of hydrogen-bond acceptors (Lipinski definition) is 3. The summed E-state index contributed by atoms with van der Waals surface area (Å²) < 4.78 is 12.2. The molecule has 1 fully saturated rings. The standard InChI is InChI=1S/C3H3NO3S/c5-2-1-8(7)4-3(2)6/h1H2,(H,4,6). The highest BCUT2D eigenvalue weighted by molar-refractivity contribution is 7.91. The Bertz CT molecular complexity index is 129. The van der Waals surface area contributed by atoms with E-state index in [9.17, 15) is 14.1 Å². The molecular weight excluding hydrogens is 130 g/mol. The van der Waals surface area contributed by atoms with Crippen molar-refractivity contribution < 1.29 is 14.1 Å². The van der Waals surface area contributed by atoms with Crippen molar-refractivity contribution in [1.29, 1.82) is 0 Å². The molecule has 0 aromatic rings. The first-order valence-corrected chi connectivity index (χ1v) is 3.24. The summed E-state index contributed by atoms with van der Waals surface area (Å²) in [4.78, 5) is 20.3. The van der Waals surface area contributed by atoms with Crippen LogP contribution < -0.4 is 4.72 Å². The minimum atomic E-state index is -1.43. The quantitative estimate of drug-likeness (QED) is 0.318. The van der Waals surface area contributed by atoms with Crippen molar-refractivity contribution in [1.82, 2.24) is 4.72 Å². The normalized spacial score (nSPS) is 28.4.